The van der Waals surface area contributed by atoms with Gasteiger partial charge in [0.05, 0.1) is 17.1 Å². The van der Waals surface area contributed by atoms with Crippen LogP contribution in [-0.4, -0.2) is 50.2 Å². The van der Waals surface area contributed by atoms with Crippen molar-refractivity contribution in [1.82, 2.24) is 0 Å². The zero-order valence-corrected chi connectivity index (χ0v) is 28.7. The summed E-state index contributed by atoms with van der Waals surface area (Å²) in [6, 6.07) is 6.57. The molecule has 5 aliphatic carbocycles. The SMILES string of the molecule is C[C@@H]1CC[C@]2(C(=O)O)CC[C@]3(C)C(=CC[C@H]4[C@@]5(C)C[C@@H](O)[C@H](OC(=O)/C=C\c6ccc(O)cc6)C(C)(C)[C@H]5CC[C@]43C)[C@@H]2[C@]1(C)O. The van der Waals surface area contributed by atoms with Crippen molar-refractivity contribution in [2.24, 2.45) is 50.7 Å². The van der Waals surface area contributed by atoms with Gasteiger partial charge in [-0.2, -0.15) is 0 Å². The van der Waals surface area contributed by atoms with Crippen LogP contribution in [0.15, 0.2) is 42.0 Å². The van der Waals surface area contributed by atoms with Gasteiger partial charge in [0.1, 0.15) is 11.9 Å². The monoisotopic (exact) mass is 634 g/mol. The Hall–Kier alpha value is -2.64. The molecule has 0 saturated heterocycles. The van der Waals surface area contributed by atoms with Crippen LogP contribution in [0.5, 0.6) is 5.75 Å². The minimum Gasteiger partial charge on any atom is -0.508 e. The minimum absolute atomic E-state index is 0.0110. The molecule has 0 radical (unpaired) electrons. The highest BCUT2D eigenvalue weighted by Crippen LogP contribution is 2.76. The molecule has 7 nitrogen and oxygen atoms in total. The summed E-state index contributed by atoms with van der Waals surface area (Å²) >= 11 is 0. The Bertz CT molecular complexity index is 1460. The van der Waals surface area contributed by atoms with Crippen LogP contribution >= 0.6 is 0 Å². The number of fused-ring (bicyclic) bond motifs is 7. The Kier molecular flexibility index (Phi) is 7.73. The van der Waals surface area contributed by atoms with Crippen molar-refractivity contribution in [3.05, 3.63) is 47.6 Å². The number of aliphatic hydroxyl groups excluding tert-OH is 1. The first-order valence-corrected chi connectivity index (χ1v) is 17.4. The number of esters is 1. The van der Waals surface area contributed by atoms with Crippen LogP contribution in [0.1, 0.15) is 105 Å². The maximum absolute atomic E-state index is 13.0. The largest absolute Gasteiger partial charge is 0.508 e. The summed E-state index contributed by atoms with van der Waals surface area (Å²) in [6.07, 6.45) is 9.72. The van der Waals surface area contributed by atoms with Crippen LogP contribution in [0.2, 0.25) is 0 Å². The number of carbonyl (C=O) groups is 2. The number of ether oxygens (including phenoxy) is 1. The van der Waals surface area contributed by atoms with Gasteiger partial charge in [0.25, 0.3) is 0 Å². The van der Waals surface area contributed by atoms with Crippen LogP contribution < -0.4 is 0 Å². The van der Waals surface area contributed by atoms with Crippen molar-refractivity contribution >= 4 is 18.0 Å². The second-order valence-corrected chi connectivity index (χ2v) is 17.2. The van der Waals surface area contributed by atoms with Crippen molar-refractivity contribution in [1.29, 1.82) is 0 Å². The van der Waals surface area contributed by atoms with E-state index in [4.69, 9.17) is 4.74 Å². The average molecular weight is 635 g/mol. The molecule has 0 aromatic heterocycles. The van der Waals surface area contributed by atoms with E-state index in [1.807, 2.05) is 6.92 Å². The molecule has 46 heavy (non-hydrogen) atoms. The van der Waals surface area contributed by atoms with E-state index in [2.05, 4.69) is 47.6 Å². The zero-order valence-electron chi connectivity index (χ0n) is 28.7. The zero-order chi connectivity index (χ0) is 33.7. The Morgan fingerprint density at radius 2 is 1.61 bits per heavy atom. The molecule has 1 aromatic carbocycles. The van der Waals surface area contributed by atoms with Gasteiger partial charge in [-0.3, -0.25) is 4.79 Å². The Morgan fingerprint density at radius 3 is 2.26 bits per heavy atom. The highest BCUT2D eigenvalue weighted by atomic mass is 16.6. The van der Waals surface area contributed by atoms with Crippen LogP contribution in [0.4, 0.5) is 0 Å². The normalized spacial score (nSPS) is 46.2. The molecule has 0 aliphatic heterocycles. The molecule has 0 amide bonds. The summed E-state index contributed by atoms with van der Waals surface area (Å²) in [6.45, 7) is 15.3. The van der Waals surface area contributed by atoms with Gasteiger partial charge in [0.15, 0.2) is 0 Å². The van der Waals surface area contributed by atoms with E-state index in [-0.39, 0.29) is 39.7 Å². The van der Waals surface area contributed by atoms with Gasteiger partial charge in [0, 0.05) is 17.4 Å². The van der Waals surface area contributed by atoms with Crippen molar-refractivity contribution in [2.75, 3.05) is 0 Å². The maximum atomic E-state index is 13.0. The lowest BCUT2D eigenvalue weighted by atomic mass is 9.33. The molecule has 4 saturated carbocycles. The predicted molar refractivity (Wildman–Crippen MR) is 176 cm³/mol. The van der Waals surface area contributed by atoms with Crippen molar-refractivity contribution in [3.8, 4) is 5.75 Å². The number of hydrogen-bond acceptors (Lipinski definition) is 6. The number of benzene rings is 1. The van der Waals surface area contributed by atoms with Gasteiger partial charge in [-0.05, 0) is 116 Å². The third-order valence-corrected chi connectivity index (χ3v) is 14.9. The first-order valence-electron chi connectivity index (χ1n) is 17.4. The third-order valence-electron chi connectivity index (χ3n) is 14.9. The first kappa shape index (κ1) is 33.3. The van der Waals surface area contributed by atoms with E-state index in [9.17, 15) is 30.0 Å². The highest BCUT2D eigenvalue weighted by Gasteiger charge is 2.72. The van der Waals surface area contributed by atoms with Crippen LogP contribution in [-0.2, 0) is 14.3 Å². The number of aliphatic carboxylic acids is 1. The fourth-order valence-electron chi connectivity index (χ4n) is 12.1. The topological polar surface area (TPSA) is 124 Å². The number of phenols is 1. The standard InChI is InChI=1S/C39H54O7/c1-23-16-19-39(33(43)44)21-20-36(5)26(31(39)38(23,7)45)13-14-29-35(4)22-27(41)32(34(2,3)28(35)17-18-37(29,36)6)46-30(42)15-10-24-8-11-25(40)12-9-24/h8-13,15,23,27-29,31-32,40-41,45H,14,16-22H2,1-7H3,(H,43,44)/b15-10-/t23-,27-,28-,29+,31-,32+,35+,36-,37-,38-,39+/m1/s1. The van der Waals surface area contributed by atoms with Crippen LogP contribution in [0.25, 0.3) is 6.08 Å². The molecule has 11 atom stereocenters. The van der Waals surface area contributed by atoms with E-state index in [0.717, 1.165) is 36.8 Å². The molecule has 7 heteroatoms. The molecule has 0 unspecified atom stereocenters. The molecule has 0 spiro atoms. The van der Waals surface area contributed by atoms with E-state index in [0.29, 0.717) is 25.7 Å². The lowest BCUT2D eigenvalue weighted by Gasteiger charge is -2.72. The van der Waals surface area contributed by atoms with E-state index in [1.165, 1.54) is 6.08 Å². The molecule has 6 rings (SSSR count). The minimum atomic E-state index is -1.11. The van der Waals surface area contributed by atoms with Gasteiger partial charge in [0.2, 0.25) is 0 Å². The Morgan fingerprint density at radius 1 is 0.935 bits per heavy atom. The van der Waals surface area contributed by atoms with E-state index >= 15 is 0 Å². The summed E-state index contributed by atoms with van der Waals surface area (Å²) < 4.78 is 6.03. The van der Waals surface area contributed by atoms with Gasteiger partial charge < -0.3 is 25.2 Å². The lowest BCUT2D eigenvalue weighted by molar-refractivity contribution is -0.242. The van der Waals surface area contributed by atoms with E-state index < -0.39 is 46.5 Å². The highest BCUT2D eigenvalue weighted by molar-refractivity contribution is 5.87. The summed E-state index contributed by atoms with van der Waals surface area (Å²) in [5, 5.41) is 44.0. The molecular formula is C39H54O7. The fraction of sp³-hybridized carbons (Fsp3) is 0.692. The third kappa shape index (κ3) is 4.50. The van der Waals surface area contributed by atoms with Gasteiger partial charge in [-0.25, -0.2) is 4.79 Å². The van der Waals surface area contributed by atoms with Crippen LogP contribution in [0, 0.1) is 50.7 Å². The number of aromatic hydroxyl groups is 1. The molecule has 5 aliphatic rings. The van der Waals surface area contributed by atoms with Gasteiger partial charge in [-0.1, -0.05) is 65.3 Å². The number of carboxylic acids is 1. The summed E-state index contributed by atoms with van der Waals surface area (Å²) in [5.41, 5.74) is -1.25. The van der Waals surface area contributed by atoms with Crippen molar-refractivity contribution < 1.29 is 34.8 Å². The molecule has 4 N–H and O–H groups in total. The number of hydrogen-bond donors (Lipinski definition) is 4. The van der Waals surface area contributed by atoms with Crippen molar-refractivity contribution in [3.63, 3.8) is 0 Å². The number of phenolic OH excluding ortho intramolecular Hbond substituents is 1. The smallest absolute Gasteiger partial charge is 0.331 e. The van der Waals surface area contributed by atoms with Gasteiger partial charge in [-0.15, -0.1) is 0 Å². The second-order valence-electron chi connectivity index (χ2n) is 17.2. The summed E-state index contributed by atoms with van der Waals surface area (Å²) in [5.74, 6) is -1.07. The molecule has 1 aromatic rings. The number of aliphatic hydroxyl groups is 2. The fourth-order valence-corrected chi connectivity index (χ4v) is 12.1. The van der Waals surface area contributed by atoms with Crippen LogP contribution in [0.3, 0.4) is 0 Å². The number of carbonyl (C=O) groups excluding carboxylic acids is 1. The molecule has 0 bridgehead atoms. The molecule has 4 fully saturated rings. The quantitative estimate of drug-likeness (QED) is 0.158. The average Bonchev–Trinajstić information content (AvgIpc) is 2.97. The van der Waals surface area contributed by atoms with Gasteiger partial charge >= 0.3 is 11.9 Å². The van der Waals surface area contributed by atoms with E-state index in [1.54, 1.807) is 30.3 Å². The summed E-state index contributed by atoms with van der Waals surface area (Å²) in [4.78, 5) is 26.0. The molecule has 252 valence electrons. The Balaban J connectivity index is 1.31. The summed E-state index contributed by atoms with van der Waals surface area (Å²) in [7, 11) is 0. The number of allylic oxidation sites excluding steroid dienone is 1. The Labute approximate surface area is 274 Å². The maximum Gasteiger partial charge on any atom is 0.331 e. The molecule has 0 heterocycles. The number of rotatable bonds is 4. The van der Waals surface area contributed by atoms with Crippen molar-refractivity contribution in [2.45, 2.75) is 118 Å². The lowest BCUT2D eigenvalue weighted by Crippen LogP contribution is -2.69. The second kappa shape index (κ2) is 10.7. The molecular weight excluding hydrogens is 580 g/mol. The first-order chi connectivity index (χ1) is 21.3. The number of carboxylic acid groups (broad SMARTS) is 1. The predicted octanol–water partition coefficient (Wildman–Crippen LogP) is 7.15.